The smallest absolute Gasteiger partial charge is 0.291 e. The molecular weight excluding hydrogens is 272 g/mol. The molecule has 0 atom stereocenters. The van der Waals surface area contributed by atoms with E-state index in [0.717, 1.165) is 0 Å². The summed E-state index contributed by atoms with van der Waals surface area (Å²) in [5.74, 6) is 0.825. The maximum absolute atomic E-state index is 11.7. The highest BCUT2D eigenvalue weighted by Gasteiger charge is 2.06. The molecule has 0 aliphatic rings. The number of benzene rings is 1. The van der Waals surface area contributed by atoms with E-state index < -0.39 is 5.91 Å². The number of nitrogens with zero attached hydrogens (tertiary/aromatic N) is 3. The largest absolute Gasteiger partial charge is 0.497 e. The third-order valence-corrected chi connectivity index (χ3v) is 2.61. The quantitative estimate of drug-likeness (QED) is 0.660. The molecule has 1 aromatic carbocycles. The van der Waals surface area contributed by atoms with Gasteiger partial charge in [0.25, 0.3) is 5.91 Å². The Kier molecular flexibility index (Phi) is 4.81. The molecule has 0 radical (unpaired) electrons. The average molecular weight is 286 g/mol. The van der Waals surface area contributed by atoms with Crippen molar-refractivity contribution in [2.45, 2.75) is 0 Å². The van der Waals surface area contributed by atoms with Gasteiger partial charge < -0.3 is 9.47 Å². The Bertz CT molecular complexity index is 644. The SMILES string of the molecule is COc1ccc(/C=N/NC(=O)c2cnccn2)c(OC)c1. The number of hydrazone groups is 1. The first-order valence-corrected chi connectivity index (χ1v) is 6.06. The van der Waals surface area contributed by atoms with Crippen LogP contribution in [0, 0.1) is 0 Å². The van der Waals surface area contributed by atoms with Crippen molar-refractivity contribution >= 4 is 12.1 Å². The molecule has 0 unspecified atom stereocenters. The van der Waals surface area contributed by atoms with Crippen LogP contribution >= 0.6 is 0 Å². The van der Waals surface area contributed by atoms with Gasteiger partial charge in [0, 0.05) is 24.0 Å². The van der Waals surface area contributed by atoms with Gasteiger partial charge in [-0.05, 0) is 12.1 Å². The van der Waals surface area contributed by atoms with Gasteiger partial charge in [0.1, 0.15) is 17.2 Å². The molecule has 1 N–H and O–H groups in total. The summed E-state index contributed by atoms with van der Waals surface area (Å²) in [5.41, 5.74) is 3.27. The molecule has 0 bridgehead atoms. The Hall–Kier alpha value is -2.96. The lowest BCUT2D eigenvalue weighted by atomic mass is 10.2. The van der Waals surface area contributed by atoms with Gasteiger partial charge in [-0.3, -0.25) is 9.78 Å². The van der Waals surface area contributed by atoms with Crippen molar-refractivity contribution in [1.29, 1.82) is 0 Å². The van der Waals surface area contributed by atoms with Gasteiger partial charge in [0.05, 0.1) is 26.6 Å². The molecule has 0 aliphatic heterocycles. The Morgan fingerprint density at radius 2 is 2.14 bits per heavy atom. The highest BCUT2D eigenvalue weighted by Crippen LogP contribution is 2.22. The number of carbonyl (C=O) groups excluding carboxylic acids is 1. The highest BCUT2D eigenvalue weighted by atomic mass is 16.5. The second-order valence-electron chi connectivity index (χ2n) is 3.90. The lowest BCUT2D eigenvalue weighted by Crippen LogP contribution is -2.19. The molecular formula is C14H14N4O3. The van der Waals surface area contributed by atoms with E-state index in [-0.39, 0.29) is 5.69 Å². The molecule has 0 spiro atoms. The topological polar surface area (TPSA) is 85.7 Å². The second-order valence-corrected chi connectivity index (χ2v) is 3.90. The van der Waals surface area contributed by atoms with Gasteiger partial charge in [0.2, 0.25) is 0 Å². The third kappa shape index (κ3) is 3.75. The minimum Gasteiger partial charge on any atom is -0.497 e. The van der Waals surface area contributed by atoms with Crippen LogP contribution in [0.3, 0.4) is 0 Å². The standard InChI is InChI=1S/C14H14N4O3/c1-20-11-4-3-10(13(7-11)21-2)8-17-18-14(19)12-9-15-5-6-16-12/h3-9H,1-2H3,(H,18,19)/b17-8+. The number of amides is 1. The molecule has 1 heterocycles. The molecule has 108 valence electrons. The number of carbonyl (C=O) groups is 1. The number of aromatic nitrogens is 2. The van der Waals surface area contributed by atoms with Crippen LogP contribution < -0.4 is 14.9 Å². The number of ether oxygens (including phenoxy) is 2. The molecule has 2 aromatic rings. The Morgan fingerprint density at radius 3 is 2.81 bits per heavy atom. The van der Waals surface area contributed by atoms with Crippen LogP contribution in [0.15, 0.2) is 41.9 Å². The first-order chi connectivity index (χ1) is 10.2. The van der Waals surface area contributed by atoms with Crippen molar-refractivity contribution in [2.75, 3.05) is 14.2 Å². The summed E-state index contributed by atoms with van der Waals surface area (Å²) < 4.78 is 10.3. The van der Waals surface area contributed by atoms with Gasteiger partial charge in [-0.25, -0.2) is 10.4 Å². The fourth-order valence-corrected chi connectivity index (χ4v) is 1.56. The molecule has 0 saturated heterocycles. The van der Waals surface area contributed by atoms with E-state index in [1.165, 1.54) is 24.8 Å². The van der Waals surface area contributed by atoms with Crippen molar-refractivity contribution in [3.05, 3.63) is 48.0 Å². The first kappa shape index (κ1) is 14.4. The lowest BCUT2D eigenvalue weighted by Gasteiger charge is -2.06. The molecule has 0 saturated carbocycles. The van der Waals surface area contributed by atoms with Gasteiger partial charge in [-0.2, -0.15) is 5.10 Å². The number of nitrogens with one attached hydrogen (secondary N) is 1. The van der Waals surface area contributed by atoms with Gasteiger partial charge in [-0.1, -0.05) is 0 Å². The predicted octanol–water partition coefficient (Wildman–Crippen LogP) is 1.26. The van der Waals surface area contributed by atoms with E-state index in [2.05, 4.69) is 20.5 Å². The van der Waals surface area contributed by atoms with E-state index in [1.807, 2.05) is 0 Å². The monoisotopic (exact) mass is 286 g/mol. The molecule has 0 fully saturated rings. The minimum absolute atomic E-state index is 0.191. The molecule has 21 heavy (non-hydrogen) atoms. The lowest BCUT2D eigenvalue weighted by molar-refractivity contribution is 0.0949. The zero-order valence-corrected chi connectivity index (χ0v) is 11.6. The minimum atomic E-state index is -0.438. The maximum Gasteiger partial charge on any atom is 0.291 e. The average Bonchev–Trinajstić information content (AvgIpc) is 2.55. The summed E-state index contributed by atoms with van der Waals surface area (Å²) in [4.78, 5) is 19.4. The summed E-state index contributed by atoms with van der Waals surface area (Å²) in [5, 5.41) is 3.87. The molecule has 2 rings (SSSR count). The van der Waals surface area contributed by atoms with Gasteiger partial charge >= 0.3 is 0 Å². The fourth-order valence-electron chi connectivity index (χ4n) is 1.56. The van der Waals surface area contributed by atoms with Gasteiger partial charge in [0.15, 0.2) is 0 Å². The van der Waals surface area contributed by atoms with Crippen molar-refractivity contribution in [3.63, 3.8) is 0 Å². The number of methoxy groups -OCH3 is 2. The Labute approximate surface area is 121 Å². The predicted molar refractivity (Wildman–Crippen MR) is 76.6 cm³/mol. The van der Waals surface area contributed by atoms with Crippen molar-refractivity contribution in [3.8, 4) is 11.5 Å². The zero-order chi connectivity index (χ0) is 15.1. The van der Waals surface area contributed by atoms with Crippen LogP contribution in [-0.2, 0) is 0 Å². The maximum atomic E-state index is 11.7. The van der Waals surface area contributed by atoms with E-state index in [0.29, 0.717) is 17.1 Å². The third-order valence-electron chi connectivity index (χ3n) is 2.61. The number of hydrogen-bond donors (Lipinski definition) is 1. The zero-order valence-electron chi connectivity index (χ0n) is 11.6. The molecule has 7 heteroatoms. The fraction of sp³-hybridized carbons (Fsp3) is 0.143. The number of hydrogen-bond acceptors (Lipinski definition) is 6. The van der Waals surface area contributed by atoms with Gasteiger partial charge in [-0.15, -0.1) is 0 Å². The summed E-state index contributed by atoms with van der Waals surface area (Å²) in [6.45, 7) is 0. The van der Waals surface area contributed by atoms with Crippen molar-refractivity contribution < 1.29 is 14.3 Å². The van der Waals surface area contributed by atoms with Crippen molar-refractivity contribution in [1.82, 2.24) is 15.4 Å². The summed E-state index contributed by atoms with van der Waals surface area (Å²) in [6.07, 6.45) is 5.76. The molecule has 1 amide bonds. The van der Waals surface area contributed by atoms with E-state index >= 15 is 0 Å². The van der Waals surface area contributed by atoms with Crippen LogP contribution in [0.1, 0.15) is 16.1 Å². The Balaban J connectivity index is 2.06. The second kappa shape index (κ2) is 6.99. The molecule has 7 nitrogen and oxygen atoms in total. The molecule has 1 aromatic heterocycles. The van der Waals surface area contributed by atoms with E-state index in [4.69, 9.17) is 9.47 Å². The summed E-state index contributed by atoms with van der Waals surface area (Å²) >= 11 is 0. The van der Waals surface area contributed by atoms with Crippen LogP contribution in [-0.4, -0.2) is 36.3 Å². The highest BCUT2D eigenvalue weighted by molar-refractivity contribution is 5.93. The summed E-state index contributed by atoms with van der Waals surface area (Å²) in [7, 11) is 3.12. The van der Waals surface area contributed by atoms with Crippen LogP contribution in [0.5, 0.6) is 11.5 Å². The van der Waals surface area contributed by atoms with Crippen molar-refractivity contribution in [2.24, 2.45) is 5.10 Å². The summed E-state index contributed by atoms with van der Waals surface area (Å²) in [6, 6.07) is 5.27. The molecule has 0 aliphatic carbocycles. The first-order valence-electron chi connectivity index (χ1n) is 6.06. The Morgan fingerprint density at radius 1 is 1.29 bits per heavy atom. The van der Waals surface area contributed by atoms with E-state index in [1.54, 1.807) is 32.4 Å². The van der Waals surface area contributed by atoms with Crippen LogP contribution in [0.4, 0.5) is 0 Å². The van der Waals surface area contributed by atoms with E-state index in [9.17, 15) is 4.79 Å². The number of rotatable bonds is 5. The van der Waals surface area contributed by atoms with Crippen LogP contribution in [0.25, 0.3) is 0 Å². The van der Waals surface area contributed by atoms with Crippen LogP contribution in [0.2, 0.25) is 0 Å². The normalized spacial score (nSPS) is 10.4.